The Morgan fingerprint density at radius 1 is 0.600 bits per heavy atom. The van der Waals surface area contributed by atoms with Crippen molar-refractivity contribution < 1.29 is 48.1 Å². The number of hydrogen-bond acceptors (Lipinski definition) is 10. The Morgan fingerprint density at radius 2 is 1.16 bits per heavy atom. The largest absolute Gasteiger partial charge is 0.508 e. The van der Waals surface area contributed by atoms with Crippen molar-refractivity contribution >= 4 is 52.5 Å². The molecule has 0 saturated carbocycles. The third-order valence-corrected chi connectivity index (χ3v) is 11.0. The maximum absolute atomic E-state index is 14.0. The van der Waals surface area contributed by atoms with Crippen molar-refractivity contribution in [3.8, 4) is 5.75 Å². The lowest BCUT2D eigenvalue weighted by molar-refractivity contribution is -0.149. The van der Waals surface area contributed by atoms with E-state index in [9.17, 15) is 38.7 Å². The molecule has 70 heavy (non-hydrogen) atoms. The van der Waals surface area contributed by atoms with Crippen LogP contribution in [-0.4, -0.2) is 94.0 Å². The first-order valence-electron chi connectivity index (χ1n) is 23.4. The number of aromatic hydroxyl groups is 1. The molecule has 0 bridgehead atoms. The van der Waals surface area contributed by atoms with E-state index in [1.807, 2.05) is 98.8 Å². The summed E-state index contributed by atoms with van der Waals surface area (Å²) in [6.45, 7) is 10.2. The van der Waals surface area contributed by atoms with Crippen molar-refractivity contribution in [3.05, 3.63) is 138 Å². The first-order valence-corrected chi connectivity index (χ1v) is 23.4. The lowest BCUT2D eigenvalue weighted by Gasteiger charge is -2.26. The first kappa shape index (κ1) is 53.3. The molecule has 5 aromatic rings. The third kappa shape index (κ3) is 17.4. The van der Waals surface area contributed by atoms with Gasteiger partial charge in [-0.05, 0) is 80.5 Å². The van der Waals surface area contributed by atoms with Crippen molar-refractivity contribution in [3.63, 3.8) is 0 Å². The summed E-state index contributed by atoms with van der Waals surface area (Å²) in [5.74, 6) is -3.85. The van der Waals surface area contributed by atoms with Crippen LogP contribution in [0.4, 0.5) is 4.79 Å². The van der Waals surface area contributed by atoms with Crippen LogP contribution in [0.15, 0.2) is 115 Å². The first-order chi connectivity index (χ1) is 33.3. The van der Waals surface area contributed by atoms with Crippen LogP contribution in [0.3, 0.4) is 0 Å². The maximum atomic E-state index is 14.0. The molecule has 6 amide bonds. The summed E-state index contributed by atoms with van der Waals surface area (Å²) in [5.41, 5.74) is 2.87. The van der Waals surface area contributed by atoms with E-state index in [1.165, 1.54) is 19.1 Å². The average molecular weight is 960 g/mol. The number of alkyl carbamates (subject to hydrolysis) is 1. The molecule has 8 N–H and O–H groups in total. The van der Waals surface area contributed by atoms with Crippen LogP contribution in [0.2, 0.25) is 0 Å². The summed E-state index contributed by atoms with van der Waals surface area (Å²) in [4.78, 5) is 98.2. The van der Waals surface area contributed by atoms with Gasteiger partial charge < -0.3 is 51.5 Å². The van der Waals surface area contributed by atoms with Gasteiger partial charge in [0, 0.05) is 49.3 Å². The van der Waals surface area contributed by atoms with Crippen LogP contribution < -0.4 is 31.9 Å². The highest BCUT2D eigenvalue weighted by Crippen LogP contribution is 2.20. The predicted octanol–water partition coefficient (Wildman–Crippen LogP) is 5.05. The highest BCUT2D eigenvalue weighted by Gasteiger charge is 2.32. The number of phenols is 1. The molecule has 0 radical (unpaired) electrons. The second-order valence-corrected chi connectivity index (χ2v) is 18.6. The highest BCUT2D eigenvalue weighted by atomic mass is 16.6. The number of nitrogens with one attached hydrogen (secondary N) is 7. The molecule has 5 atom stereocenters. The van der Waals surface area contributed by atoms with Crippen molar-refractivity contribution in [1.29, 1.82) is 0 Å². The maximum Gasteiger partial charge on any atom is 0.408 e. The number of benzene rings is 4. The fourth-order valence-corrected chi connectivity index (χ4v) is 7.47. The summed E-state index contributed by atoms with van der Waals surface area (Å²) in [7, 11) is 0. The van der Waals surface area contributed by atoms with Crippen molar-refractivity contribution in [2.24, 2.45) is 5.92 Å². The minimum absolute atomic E-state index is 0.00403. The minimum atomic E-state index is -1.19. The summed E-state index contributed by atoms with van der Waals surface area (Å²) in [6, 6.07) is 26.1. The monoisotopic (exact) mass is 959 g/mol. The third-order valence-electron chi connectivity index (χ3n) is 11.0. The molecule has 1 aromatic heterocycles. The van der Waals surface area contributed by atoms with Crippen molar-refractivity contribution in [2.45, 2.75) is 116 Å². The molecule has 1 heterocycles. The van der Waals surface area contributed by atoms with Gasteiger partial charge in [-0.1, -0.05) is 105 Å². The number of fused-ring (bicyclic) bond motifs is 1. The molecule has 4 aromatic carbocycles. The lowest BCUT2D eigenvalue weighted by atomic mass is 10.0. The predicted molar refractivity (Wildman–Crippen MR) is 264 cm³/mol. The second kappa shape index (κ2) is 25.6. The Bertz CT molecular complexity index is 2540. The fourth-order valence-electron chi connectivity index (χ4n) is 7.47. The van der Waals surface area contributed by atoms with Crippen LogP contribution >= 0.6 is 0 Å². The van der Waals surface area contributed by atoms with Gasteiger partial charge in [-0.2, -0.15) is 0 Å². The quantitative estimate of drug-likeness (QED) is 0.0405. The lowest BCUT2D eigenvalue weighted by Crippen LogP contribution is -2.57. The SMILES string of the molecule is CC(C)C[C@H](NC(=O)OC(C)(C)C)C(=O)N[C@H](Cc1c[nH]c2ccccc12)C(=O)N[C@H](C)C(=O)NCCC(=O)N[C@@H](Cc1ccc(O)cc1)C(=O)N[C@H](Cc1ccccc1)C(=O)OCc1ccccc1. The van der Waals surface area contributed by atoms with Crippen LogP contribution in [-0.2, 0) is 64.1 Å². The number of aromatic amines is 1. The van der Waals surface area contributed by atoms with Gasteiger partial charge >= 0.3 is 12.1 Å². The smallest absolute Gasteiger partial charge is 0.408 e. The van der Waals surface area contributed by atoms with E-state index in [0.717, 1.165) is 27.6 Å². The number of esters is 1. The van der Waals surface area contributed by atoms with Crippen molar-refractivity contribution in [1.82, 2.24) is 36.9 Å². The molecule has 0 unspecified atom stereocenters. The standard InChI is InChI=1S/C53H65N7O10/c1-33(2)27-42(60-52(68)70-53(4,5)6)49(65)58-44(30-38-31-55-41-20-14-13-19-40(38)41)48(64)56-34(3)47(63)54-26-25-46(62)57-43(28-36-21-23-39(61)24-22-36)50(66)59-45(29-35-15-9-7-10-16-35)51(67)69-32-37-17-11-8-12-18-37/h7-24,31,33-34,42-45,55,61H,25-30,32H2,1-6H3,(H,54,63)(H,56,64)(H,57,62)(H,58,65)(H,59,66)(H,60,68)/t34-,42+,43+,44-,45-/m1/s1. The number of para-hydroxylation sites is 1. The van der Waals surface area contributed by atoms with Gasteiger partial charge in [0.25, 0.3) is 0 Å². The Labute approximate surface area is 408 Å². The number of ether oxygens (including phenoxy) is 2. The zero-order chi connectivity index (χ0) is 50.8. The summed E-state index contributed by atoms with van der Waals surface area (Å²) < 4.78 is 11.0. The summed E-state index contributed by atoms with van der Waals surface area (Å²) >= 11 is 0. The van der Waals surface area contributed by atoms with Crippen LogP contribution in [0.25, 0.3) is 10.9 Å². The number of aromatic nitrogens is 1. The topological polar surface area (TPSA) is 246 Å². The number of carbonyl (C=O) groups is 7. The molecular formula is C53H65N7O10. The van der Waals surface area contributed by atoms with E-state index in [-0.39, 0.29) is 56.9 Å². The Balaban J connectivity index is 1.23. The molecule has 0 aliphatic heterocycles. The zero-order valence-electron chi connectivity index (χ0n) is 40.5. The molecule has 17 heteroatoms. The molecule has 0 saturated heterocycles. The number of amides is 6. The fraction of sp³-hybridized carbons (Fsp3) is 0.377. The van der Waals surface area contributed by atoms with Gasteiger partial charge in [0.1, 0.15) is 48.2 Å². The number of rotatable bonds is 23. The van der Waals surface area contributed by atoms with E-state index in [2.05, 4.69) is 36.9 Å². The van der Waals surface area contributed by atoms with E-state index in [4.69, 9.17) is 9.47 Å². The van der Waals surface area contributed by atoms with Gasteiger partial charge in [0.15, 0.2) is 0 Å². The van der Waals surface area contributed by atoms with Crippen molar-refractivity contribution in [2.75, 3.05) is 6.54 Å². The number of carbonyl (C=O) groups excluding carboxylic acids is 7. The molecule has 372 valence electrons. The van der Waals surface area contributed by atoms with E-state index in [0.29, 0.717) is 5.56 Å². The Morgan fingerprint density at radius 3 is 1.81 bits per heavy atom. The molecular weight excluding hydrogens is 895 g/mol. The van der Waals surface area contributed by atoms with Gasteiger partial charge in [0.05, 0.1) is 0 Å². The number of H-pyrrole nitrogens is 1. The van der Waals surface area contributed by atoms with Crippen LogP contribution in [0.5, 0.6) is 5.75 Å². The van der Waals surface area contributed by atoms with E-state index in [1.54, 1.807) is 39.1 Å². The highest BCUT2D eigenvalue weighted by molar-refractivity contribution is 5.95. The molecule has 17 nitrogen and oxygen atoms in total. The molecule has 0 aliphatic rings. The van der Waals surface area contributed by atoms with Crippen LogP contribution in [0, 0.1) is 5.92 Å². The minimum Gasteiger partial charge on any atom is -0.508 e. The molecule has 5 rings (SSSR count). The number of phenolic OH excluding ortho intramolecular Hbond substituents is 1. The van der Waals surface area contributed by atoms with E-state index < -0.39 is 77.4 Å². The van der Waals surface area contributed by atoms with Crippen LogP contribution in [0.1, 0.15) is 76.6 Å². The number of hydrogen-bond donors (Lipinski definition) is 8. The van der Waals surface area contributed by atoms with E-state index >= 15 is 0 Å². The zero-order valence-corrected chi connectivity index (χ0v) is 40.5. The summed E-state index contributed by atoms with van der Waals surface area (Å²) in [5, 5.41) is 27.0. The Hall–Kier alpha value is -7.69. The Kier molecular flexibility index (Phi) is 19.5. The normalized spacial score (nSPS) is 13.4. The van der Waals surface area contributed by atoms with Gasteiger partial charge in [0.2, 0.25) is 29.5 Å². The average Bonchev–Trinajstić information content (AvgIpc) is 3.72. The molecule has 0 aliphatic carbocycles. The second-order valence-electron chi connectivity index (χ2n) is 18.6. The van der Waals surface area contributed by atoms with Gasteiger partial charge in [-0.3, -0.25) is 24.0 Å². The molecule has 0 fully saturated rings. The molecule has 0 spiro atoms. The van der Waals surface area contributed by atoms with Gasteiger partial charge in [-0.15, -0.1) is 0 Å². The van der Waals surface area contributed by atoms with Gasteiger partial charge in [-0.25, -0.2) is 9.59 Å². The summed E-state index contributed by atoms with van der Waals surface area (Å²) in [6.07, 6.45) is 1.09.